The summed E-state index contributed by atoms with van der Waals surface area (Å²) in [6.45, 7) is 2.86. The Labute approximate surface area is 85.0 Å². The highest BCUT2D eigenvalue weighted by atomic mass is 19.3. The van der Waals surface area contributed by atoms with Crippen LogP contribution < -0.4 is 0 Å². The van der Waals surface area contributed by atoms with Crippen molar-refractivity contribution in [2.45, 2.75) is 25.7 Å². The summed E-state index contributed by atoms with van der Waals surface area (Å²) in [7, 11) is 0. The van der Waals surface area contributed by atoms with Crippen LogP contribution in [0.5, 0.6) is 0 Å². The largest absolute Gasteiger partial charge is 0.481 e. The number of alkyl halides is 2. The van der Waals surface area contributed by atoms with Gasteiger partial charge in [-0.3, -0.25) is 4.79 Å². The first kappa shape index (κ1) is 11.5. The van der Waals surface area contributed by atoms with Crippen molar-refractivity contribution in [2.75, 3.05) is 0 Å². The van der Waals surface area contributed by atoms with Crippen LogP contribution in [-0.2, 0) is 10.2 Å². The number of hydrogen-bond acceptors (Lipinski definition) is 3. The van der Waals surface area contributed by atoms with Crippen LogP contribution in [0.25, 0.3) is 0 Å². The Hall–Kier alpha value is -1.59. The summed E-state index contributed by atoms with van der Waals surface area (Å²) in [5.74, 6) is -1.08. The third kappa shape index (κ3) is 2.26. The van der Waals surface area contributed by atoms with Crippen LogP contribution in [0.4, 0.5) is 8.78 Å². The number of aliphatic carboxylic acids is 1. The third-order valence-corrected chi connectivity index (χ3v) is 2.08. The molecule has 4 nitrogen and oxygen atoms in total. The number of rotatable bonds is 3. The summed E-state index contributed by atoms with van der Waals surface area (Å²) >= 11 is 0. The van der Waals surface area contributed by atoms with Gasteiger partial charge in [0, 0.05) is 0 Å². The molecule has 1 rings (SSSR count). The van der Waals surface area contributed by atoms with Gasteiger partial charge >= 0.3 is 5.97 Å². The van der Waals surface area contributed by atoms with E-state index in [2.05, 4.69) is 10.2 Å². The fraction of sp³-hybridized carbons (Fsp3) is 0.444. The molecule has 0 aliphatic heterocycles. The van der Waals surface area contributed by atoms with E-state index in [0.717, 1.165) is 6.07 Å². The van der Waals surface area contributed by atoms with Crippen molar-refractivity contribution in [3.05, 3.63) is 23.5 Å². The minimum atomic E-state index is -2.69. The maximum Gasteiger partial charge on any atom is 0.315 e. The lowest BCUT2D eigenvalue weighted by molar-refractivity contribution is -0.142. The van der Waals surface area contributed by atoms with Crippen molar-refractivity contribution in [1.82, 2.24) is 10.2 Å². The number of halogens is 2. The van der Waals surface area contributed by atoms with Crippen molar-refractivity contribution in [2.24, 2.45) is 0 Å². The second-order valence-corrected chi connectivity index (χ2v) is 3.57. The highest BCUT2D eigenvalue weighted by molar-refractivity contribution is 5.79. The van der Waals surface area contributed by atoms with Gasteiger partial charge in [-0.1, -0.05) is 0 Å². The SMILES string of the molecule is CC(C)(C(=O)O)c1ccc(C(F)F)nn1. The molecule has 0 bridgehead atoms. The molecule has 6 heteroatoms. The van der Waals surface area contributed by atoms with Crippen molar-refractivity contribution in [3.63, 3.8) is 0 Å². The van der Waals surface area contributed by atoms with Crippen LogP contribution in [-0.4, -0.2) is 21.3 Å². The van der Waals surface area contributed by atoms with Crippen LogP contribution in [0.3, 0.4) is 0 Å². The number of carbonyl (C=O) groups is 1. The van der Waals surface area contributed by atoms with Crippen molar-refractivity contribution < 1.29 is 18.7 Å². The van der Waals surface area contributed by atoms with E-state index in [1.54, 1.807) is 0 Å². The van der Waals surface area contributed by atoms with Gasteiger partial charge in [0.2, 0.25) is 0 Å². The molecule has 0 fully saturated rings. The lowest BCUT2D eigenvalue weighted by atomic mass is 9.89. The number of carboxylic acids is 1. The molecule has 15 heavy (non-hydrogen) atoms. The molecule has 0 aromatic carbocycles. The molecule has 0 unspecified atom stereocenters. The molecule has 1 aromatic heterocycles. The highest BCUT2D eigenvalue weighted by Gasteiger charge is 2.31. The van der Waals surface area contributed by atoms with Crippen molar-refractivity contribution >= 4 is 5.97 Å². The van der Waals surface area contributed by atoms with E-state index in [4.69, 9.17) is 5.11 Å². The number of carboxylic acid groups (broad SMARTS) is 1. The second kappa shape index (κ2) is 3.88. The lowest BCUT2D eigenvalue weighted by Gasteiger charge is -2.17. The summed E-state index contributed by atoms with van der Waals surface area (Å²) in [5.41, 5.74) is -1.53. The summed E-state index contributed by atoms with van der Waals surface area (Å²) in [4.78, 5) is 10.8. The molecule has 0 saturated heterocycles. The topological polar surface area (TPSA) is 63.1 Å². The molecule has 0 amide bonds. The summed E-state index contributed by atoms with van der Waals surface area (Å²) in [6.07, 6.45) is -2.69. The molecule has 0 atom stereocenters. The zero-order valence-electron chi connectivity index (χ0n) is 8.24. The quantitative estimate of drug-likeness (QED) is 0.836. The third-order valence-electron chi connectivity index (χ3n) is 2.08. The molecule has 0 aliphatic rings. The fourth-order valence-corrected chi connectivity index (χ4v) is 0.902. The molecule has 1 heterocycles. The minimum absolute atomic E-state index is 0.152. The zero-order valence-corrected chi connectivity index (χ0v) is 8.24. The van der Waals surface area contributed by atoms with Gasteiger partial charge in [0.15, 0.2) is 0 Å². The van der Waals surface area contributed by atoms with E-state index < -0.39 is 23.5 Å². The minimum Gasteiger partial charge on any atom is -0.481 e. The van der Waals surface area contributed by atoms with E-state index in [1.165, 1.54) is 19.9 Å². The second-order valence-electron chi connectivity index (χ2n) is 3.57. The Balaban J connectivity index is 3.04. The fourth-order valence-electron chi connectivity index (χ4n) is 0.902. The van der Waals surface area contributed by atoms with E-state index in [9.17, 15) is 13.6 Å². The average molecular weight is 216 g/mol. The average Bonchev–Trinajstić information content (AvgIpc) is 2.17. The molecule has 82 valence electrons. The van der Waals surface area contributed by atoms with Crippen LogP contribution in [0.15, 0.2) is 12.1 Å². The molecular formula is C9H10F2N2O2. The lowest BCUT2D eigenvalue weighted by Crippen LogP contribution is -2.30. The Kier molecular flexibility index (Phi) is 2.97. The summed E-state index contributed by atoms with van der Waals surface area (Å²) < 4.78 is 24.3. The van der Waals surface area contributed by atoms with E-state index in [0.29, 0.717) is 0 Å². The molecule has 0 spiro atoms. The maximum absolute atomic E-state index is 12.1. The summed E-state index contributed by atoms with van der Waals surface area (Å²) in [6, 6.07) is 2.33. The standard InChI is InChI=1S/C9H10F2N2O2/c1-9(2,8(14)15)6-4-3-5(7(10)11)12-13-6/h3-4,7H,1-2H3,(H,14,15). The van der Waals surface area contributed by atoms with Gasteiger partial charge in [-0.25, -0.2) is 8.78 Å². The predicted molar refractivity (Wildman–Crippen MR) is 47.7 cm³/mol. The van der Waals surface area contributed by atoms with Gasteiger partial charge in [0.25, 0.3) is 6.43 Å². The van der Waals surface area contributed by atoms with Gasteiger partial charge < -0.3 is 5.11 Å². The first-order valence-corrected chi connectivity index (χ1v) is 4.21. The van der Waals surface area contributed by atoms with Crippen LogP contribution in [0, 0.1) is 0 Å². The first-order valence-electron chi connectivity index (χ1n) is 4.21. The molecule has 0 radical (unpaired) electrons. The van der Waals surface area contributed by atoms with Crippen molar-refractivity contribution in [1.29, 1.82) is 0 Å². The van der Waals surface area contributed by atoms with Crippen LogP contribution in [0.1, 0.15) is 31.7 Å². The normalized spacial score (nSPS) is 11.8. The van der Waals surface area contributed by atoms with Gasteiger partial charge in [0.05, 0.1) is 5.69 Å². The number of aromatic nitrogens is 2. The molecule has 0 saturated carbocycles. The van der Waals surface area contributed by atoms with Gasteiger partial charge in [-0.2, -0.15) is 5.10 Å². The molecular weight excluding hydrogens is 206 g/mol. The van der Waals surface area contributed by atoms with Gasteiger partial charge in [0.1, 0.15) is 11.1 Å². The Morgan fingerprint density at radius 3 is 2.33 bits per heavy atom. The zero-order chi connectivity index (χ0) is 11.6. The van der Waals surface area contributed by atoms with E-state index in [1.807, 2.05) is 0 Å². The van der Waals surface area contributed by atoms with Crippen molar-refractivity contribution in [3.8, 4) is 0 Å². The first-order chi connectivity index (χ1) is 6.85. The van der Waals surface area contributed by atoms with E-state index in [-0.39, 0.29) is 5.69 Å². The van der Waals surface area contributed by atoms with Crippen LogP contribution in [0.2, 0.25) is 0 Å². The highest BCUT2D eigenvalue weighted by Crippen LogP contribution is 2.22. The van der Waals surface area contributed by atoms with Crippen LogP contribution >= 0.6 is 0 Å². The van der Waals surface area contributed by atoms with Gasteiger partial charge in [-0.15, -0.1) is 5.10 Å². The van der Waals surface area contributed by atoms with Gasteiger partial charge in [-0.05, 0) is 26.0 Å². The number of nitrogens with zero attached hydrogens (tertiary/aromatic N) is 2. The predicted octanol–water partition coefficient (Wildman–Crippen LogP) is 1.78. The molecule has 0 aliphatic carbocycles. The Morgan fingerprint density at radius 2 is 2.00 bits per heavy atom. The van der Waals surface area contributed by atoms with E-state index >= 15 is 0 Å². The maximum atomic E-state index is 12.1. The summed E-state index contributed by atoms with van der Waals surface area (Å²) in [5, 5.41) is 15.6. The molecule has 1 N–H and O–H groups in total. The Bertz CT molecular complexity index is 363. The Morgan fingerprint density at radius 1 is 1.40 bits per heavy atom. The molecule has 1 aromatic rings. The smallest absolute Gasteiger partial charge is 0.315 e. The monoisotopic (exact) mass is 216 g/mol. The number of hydrogen-bond donors (Lipinski definition) is 1.